The number of hydrogen-bond donors (Lipinski definition) is 2. The van der Waals surface area contributed by atoms with Crippen molar-refractivity contribution in [3.05, 3.63) is 40.7 Å². The van der Waals surface area contributed by atoms with Gasteiger partial charge in [-0.25, -0.2) is 0 Å². The van der Waals surface area contributed by atoms with Gasteiger partial charge in [0.2, 0.25) is 5.28 Å². The molecule has 10 heteroatoms. The zero-order valence-corrected chi connectivity index (χ0v) is 14.2. The predicted molar refractivity (Wildman–Crippen MR) is 92.7 cm³/mol. The van der Waals surface area contributed by atoms with Gasteiger partial charge in [0, 0.05) is 25.0 Å². The fourth-order valence-electron chi connectivity index (χ4n) is 2.59. The van der Waals surface area contributed by atoms with Crippen molar-refractivity contribution < 1.29 is 17.9 Å². The van der Waals surface area contributed by atoms with E-state index < -0.39 is 11.7 Å². The van der Waals surface area contributed by atoms with Gasteiger partial charge in [0.15, 0.2) is 0 Å². The van der Waals surface area contributed by atoms with Gasteiger partial charge in [-0.3, -0.25) is 0 Å². The lowest BCUT2D eigenvalue weighted by atomic mass is 10.2. The molecule has 26 heavy (non-hydrogen) atoms. The highest BCUT2D eigenvalue weighted by Crippen LogP contribution is 2.32. The Morgan fingerprint density at radius 3 is 2.62 bits per heavy atom. The minimum atomic E-state index is -4.45. The lowest BCUT2D eigenvalue weighted by Gasteiger charge is -2.29. The summed E-state index contributed by atoms with van der Waals surface area (Å²) in [5, 5.41) is 10.4. The Hall–Kier alpha value is -2.39. The molecule has 2 heterocycles. The van der Waals surface area contributed by atoms with Crippen LogP contribution in [0, 0.1) is 5.41 Å². The van der Waals surface area contributed by atoms with Crippen LogP contribution >= 0.6 is 11.6 Å². The number of hydrogen-bond acceptors (Lipinski definition) is 6. The Morgan fingerprint density at radius 2 is 1.96 bits per heavy atom. The minimum Gasteiger partial charge on any atom is -0.378 e. The second-order valence-electron chi connectivity index (χ2n) is 5.53. The maximum absolute atomic E-state index is 12.9. The zero-order chi connectivity index (χ0) is 18.7. The highest BCUT2D eigenvalue weighted by atomic mass is 35.5. The molecule has 2 N–H and O–H groups in total. The van der Waals surface area contributed by atoms with E-state index in [2.05, 4.69) is 15.3 Å². The van der Waals surface area contributed by atoms with Gasteiger partial charge in [-0.2, -0.15) is 23.1 Å². The summed E-state index contributed by atoms with van der Waals surface area (Å²) in [7, 11) is 0. The lowest BCUT2D eigenvalue weighted by molar-refractivity contribution is -0.137. The van der Waals surface area contributed by atoms with Gasteiger partial charge >= 0.3 is 6.18 Å². The van der Waals surface area contributed by atoms with E-state index in [0.29, 0.717) is 37.7 Å². The van der Waals surface area contributed by atoms with Crippen molar-refractivity contribution in [3.8, 4) is 0 Å². The molecule has 6 nitrogen and oxygen atoms in total. The monoisotopic (exact) mass is 385 g/mol. The average molecular weight is 386 g/mol. The lowest BCUT2D eigenvalue weighted by Crippen LogP contribution is -2.37. The number of rotatable bonds is 4. The van der Waals surface area contributed by atoms with E-state index in [1.807, 2.05) is 4.90 Å². The number of aromatic nitrogens is 2. The summed E-state index contributed by atoms with van der Waals surface area (Å²) in [5.74, 6) is 0.610. The highest BCUT2D eigenvalue weighted by molar-refractivity contribution is 6.28. The van der Waals surface area contributed by atoms with Gasteiger partial charge in [-0.1, -0.05) is 6.07 Å². The van der Waals surface area contributed by atoms with Crippen molar-refractivity contribution in [1.29, 1.82) is 5.41 Å². The number of halogens is 4. The minimum absolute atomic E-state index is 0.0634. The summed E-state index contributed by atoms with van der Waals surface area (Å²) >= 11 is 5.99. The van der Waals surface area contributed by atoms with Gasteiger partial charge in [0.25, 0.3) is 0 Å². The molecule has 1 fully saturated rings. The van der Waals surface area contributed by atoms with E-state index in [1.165, 1.54) is 12.1 Å². The van der Waals surface area contributed by atoms with Crippen LogP contribution in [0.2, 0.25) is 5.28 Å². The molecule has 1 aromatic heterocycles. The second-order valence-corrected chi connectivity index (χ2v) is 5.86. The maximum Gasteiger partial charge on any atom is 0.416 e. The predicted octanol–water partition coefficient (Wildman–Crippen LogP) is 3.73. The van der Waals surface area contributed by atoms with Crippen molar-refractivity contribution >= 4 is 35.1 Å². The third-order valence-electron chi connectivity index (χ3n) is 3.81. The van der Waals surface area contributed by atoms with Gasteiger partial charge in [-0.15, -0.1) is 0 Å². The van der Waals surface area contributed by atoms with Crippen LogP contribution in [0.4, 0.5) is 30.5 Å². The molecule has 0 spiro atoms. The molecule has 1 aromatic carbocycles. The molecule has 1 aliphatic heterocycles. The fourth-order valence-corrected chi connectivity index (χ4v) is 2.75. The molecule has 138 valence electrons. The Balaban J connectivity index is 1.97. The molecular formula is C16H15ClF3N5O. The SMILES string of the molecule is N=Cc1c(Nc2cccc(C(F)(F)F)c2)nc(Cl)nc1N1CCOCC1. The van der Waals surface area contributed by atoms with Gasteiger partial charge in [0.05, 0.1) is 24.3 Å². The summed E-state index contributed by atoms with van der Waals surface area (Å²) in [5.41, 5.74) is -0.258. The highest BCUT2D eigenvalue weighted by Gasteiger charge is 2.30. The van der Waals surface area contributed by atoms with E-state index in [1.54, 1.807) is 0 Å². The van der Waals surface area contributed by atoms with E-state index in [-0.39, 0.29) is 16.8 Å². The number of ether oxygens (including phenoxy) is 1. The first-order valence-electron chi connectivity index (χ1n) is 7.73. The average Bonchev–Trinajstić information content (AvgIpc) is 2.61. The van der Waals surface area contributed by atoms with Gasteiger partial charge < -0.3 is 20.4 Å². The number of anilines is 3. The van der Waals surface area contributed by atoms with Crippen molar-refractivity contribution in [2.45, 2.75) is 6.18 Å². The number of alkyl halides is 3. The van der Waals surface area contributed by atoms with Crippen molar-refractivity contribution in [1.82, 2.24) is 9.97 Å². The molecule has 0 atom stereocenters. The van der Waals surface area contributed by atoms with Crippen LogP contribution in [0.25, 0.3) is 0 Å². The molecular weight excluding hydrogens is 371 g/mol. The summed E-state index contributed by atoms with van der Waals surface area (Å²) in [4.78, 5) is 10.1. The molecule has 3 rings (SSSR count). The first-order valence-corrected chi connectivity index (χ1v) is 8.11. The summed E-state index contributed by atoms with van der Waals surface area (Å²) in [6.07, 6.45) is -3.40. The molecule has 0 amide bonds. The molecule has 1 aliphatic rings. The van der Waals surface area contributed by atoms with Crippen LogP contribution in [0.1, 0.15) is 11.1 Å². The Labute approximate surface area is 152 Å². The van der Waals surface area contributed by atoms with Crippen LogP contribution in [-0.4, -0.2) is 42.5 Å². The van der Waals surface area contributed by atoms with Crippen molar-refractivity contribution in [3.63, 3.8) is 0 Å². The first-order chi connectivity index (χ1) is 12.4. The molecule has 2 aromatic rings. The van der Waals surface area contributed by atoms with Crippen LogP contribution in [0.15, 0.2) is 24.3 Å². The largest absolute Gasteiger partial charge is 0.416 e. The third kappa shape index (κ3) is 4.05. The standard InChI is InChI=1S/C16H15ClF3N5O/c17-15-23-13(22-11-3-1-2-10(8-11)16(18,19)20)12(9-21)14(24-15)25-4-6-26-7-5-25/h1-3,8-9,21H,4-7H2,(H,22,23,24). The summed E-state index contributed by atoms with van der Waals surface area (Å²) < 4.78 is 44.0. The first kappa shape index (κ1) is 18.4. The molecule has 0 bridgehead atoms. The van der Waals surface area contributed by atoms with Crippen molar-refractivity contribution in [2.75, 3.05) is 36.5 Å². The molecule has 0 saturated carbocycles. The summed E-state index contributed by atoms with van der Waals surface area (Å²) in [6.45, 7) is 2.15. The Morgan fingerprint density at radius 1 is 1.23 bits per heavy atom. The molecule has 0 aliphatic carbocycles. The van der Waals surface area contributed by atoms with E-state index >= 15 is 0 Å². The molecule has 0 radical (unpaired) electrons. The topological polar surface area (TPSA) is 74.1 Å². The number of morpholine rings is 1. The van der Waals surface area contributed by atoms with Crippen molar-refractivity contribution in [2.24, 2.45) is 0 Å². The Bertz CT molecular complexity index is 809. The van der Waals surface area contributed by atoms with Crippen LogP contribution in [-0.2, 0) is 10.9 Å². The van der Waals surface area contributed by atoms with Crippen LogP contribution in [0.3, 0.4) is 0 Å². The number of nitrogens with one attached hydrogen (secondary N) is 2. The molecule has 0 unspecified atom stereocenters. The fraction of sp³-hybridized carbons (Fsp3) is 0.312. The van der Waals surface area contributed by atoms with E-state index in [9.17, 15) is 13.2 Å². The number of nitrogens with zero attached hydrogens (tertiary/aromatic N) is 3. The van der Waals surface area contributed by atoms with E-state index in [0.717, 1.165) is 18.3 Å². The maximum atomic E-state index is 12.9. The second kappa shape index (κ2) is 7.46. The van der Waals surface area contributed by atoms with Gasteiger partial charge in [0.1, 0.15) is 11.6 Å². The third-order valence-corrected chi connectivity index (χ3v) is 3.97. The van der Waals surface area contributed by atoms with Gasteiger partial charge in [-0.05, 0) is 29.8 Å². The van der Waals surface area contributed by atoms with Crippen LogP contribution < -0.4 is 10.2 Å². The smallest absolute Gasteiger partial charge is 0.378 e. The Kier molecular flexibility index (Phi) is 5.28. The van der Waals surface area contributed by atoms with E-state index in [4.69, 9.17) is 21.7 Å². The zero-order valence-electron chi connectivity index (χ0n) is 13.5. The summed E-state index contributed by atoms with van der Waals surface area (Å²) in [6, 6.07) is 4.72. The molecule has 1 saturated heterocycles. The van der Waals surface area contributed by atoms with Crippen LogP contribution in [0.5, 0.6) is 0 Å². The quantitative estimate of drug-likeness (QED) is 0.619. The number of benzene rings is 1. The normalized spacial score (nSPS) is 15.0.